The highest BCUT2D eigenvalue weighted by Crippen LogP contribution is 2.46. The normalized spacial score (nSPS) is 12.6. The number of benzene rings is 1. The summed E-state index contributed by atoms with van der Waals surface area (Å²) < 4.78 is 44.9. The van der Waals surface area contributed by atoms with Crippen LogP contribution in [0.1, 0.15) is 57.5 Å². The van der Waals surface area contributed by atoms with E-state index < -0.39 is 17.4 Å². The van der Waals surface area contributed by atoms with Gasteiger partial charge in [-0.1, -0.05) is 35.8 Å². The topological polar surface area (TPSA) is 130 Å². The van der Waals surface area contributed by atoms with Crippen molar-refractivity contribution in [3.8, 4) is 22.6 Å². The predicted octanol–water partition coefficient (Wildman–Crippen LogP) is 7.28. The Kier molecular flexibility index (Phi) is 9.48. The van der Waals surface area contributed by atoms with Gasteiger partial charge in [0.25, 0.3) is 11.1 Å². The Balaban J connectivity index is 0.000000309. The Morgan fingerprint density at radius 2 is 1.45 bits per heavy atom. The Labute approximate surface area is 237 Å². The molecule has 4 heterocycles. The van der Waals surface area contributed by atoms with Crippen molar-refractivity contribution in [2.24, 2.45) is 0 Å². The largest absolute Gasteiger partial charge is 0.586 e. The van der Waals surface area contributed by atoms with E-state index in [9.17, 15) is 18.4 Å². The van der Waals surface area contributed by atoms with Gasteiger partial charge in [0.1, 0.15) is 17.3 Å². The smallest absolute Gasteiger partial charge is 0.395 e. The average molecular weight is 597 g/mol. The molecule has 1 aliphatic heterocycles. The maximum absolute atomic E-state index is 13.2. The average Bonchev–Trinajstić information content (AvgIpc) is 3.53. The summed E-state index contributed by atoms with van der Waals surface area (Å²) in [6.07, 6.45) is -2.29. The lowest BCUT2D eigenvalue weighted by Crippen LogP contribution is -2.25. The molecule has 212 valence electrons. The van der Waals surface area contributed by atoms with Gasteiger partial charge in [-0.2, -0.15) is 0 Å². The molecule has 5 rings (SSSR count). The maximum Gasteiger partial charge on any atom is 0.586 e. The third-order valence-electron chi connectivity index (χ3n) is 5.52. The molecular weight excluding hydrogens is 573 g/mol. The second-order valence-electron chi connectivity index (χ2n) is 8.03. The van der Waals surface area contributed by atoms with Crippen LogP contribution in [0.15, 0.2) is 39.5 Å². The molecule has 0 radical (unpaired) electrons. The first-order valence-electron chi connectivity index (χ1n) is 11.8. The number of hydrogen-bond acceptors (Lipinski definition) is 9. The third-order valence-corrected chi connectivity index (χ3v) is 6.01. The van der Waals surface area contributed by atoms with Crippen LogP contribution >= 0.6 is 23.2 Å². The Hall–Kier alpha value is -4.03. The quantitative estimate of drug-likeness (QED) is 0.241. The van der Waals surface area contributed by atoms with Crippen molar-refractivity contribution < 1.29 is 36.9 Å². The van der Waals surface area contributed by atoms with E-state index in [0.29, 0.717) is 33.8 Å². The monoisotopic (exact) mass is 596 g/mol. The number of anilines is 1. The van der Waals surface area contributed by atoms with Crippen LogP contribution in [-0.2, 0) is 0 Å². The lowest BCUT2D eigenvalue weighted by Gasteiger charge is -2.07. The van der Waals surface area contributed by atoms with Crippen LogP contribution < -0.4 is 14.8 Å². The van der Waals surface area contributed by atoms with Crippen molar-refractivity contribution in [1.29, 1.82) is 0 Å². The van der Waals surface area contributed by atoms with E-state index in [1.165, 1.54) is 18.3 Å². The van der Waals surface area contributed by atoms with Gasteiger partial charge in [-0.25, -0.2) is 4.98 Å². The number of ether oxygens (including phenoxy) is 2. The number of aryl methyl sites for hydroxylation is 2. The standard InChI is InChI=1S/C18H12ClF2N3O4.C6H6ClNO2.C2H6/c1-8-9(2)28-24-16(8)17(25)23-15-4-3-10(7-22-15)11-5-13-14(6-12(11)19)27-18(20,21)26-13;1-3-4(2)10-8-5(3)6(7)9;1-2/h3-7H,1-2H3,(H,22,23,25);1-2H3;1-2H3. The molecule has 1 aromatic carbocycles. The summed E-state index contributed by atoms with van der Waals surface area (Å²) in [5.74, 6) is 0.725. The van der Waals surface area contributed by atoms with E-state index in [4.69, 9.17) is 32.2 Å². The number of pyridine rings is 1. The molecule has 0 bridgehead atoms. The van der Waals surface area contributed by atoms with Gasteiger partial charge in [0.05, 0.1) is 5.02 Å². The molecular formula is C26H24Cl2F2N4O6. The van der Waals surface area contributed by atoms with Crippen LogP contribution in [0, 0.1) is 27.7 Å². The SMILES string of the molecule is CC.Cc1onc(C(=O)Cl)c1C.Cc1onc(C(=O)Nc2ccc(-c3cc4c(cc3Cl)OC(F)(F)O4)cn2)c1C. The summed E-state index contributed by atoms with van der Waals surface area (Å²) in [5.41, 5.74) is 2.69. The molecule has 10 nitrogen and oxygen atoms in total. The molecule has 0 aliphatic carbocycles. The zero-order valence-corrected chi connectivity index (χ0v) is 23.7. The molecule has 4 aromatic rings. The van der Waals surface area contributed by atoms with Crippen molar-refractivity contribution in [1.82, 2.24) is 15.3 Å². The summed E-state index contributed by atoms with van der Waals surface area (Å²) in [6.45, 7) is 10.9. The van der Waals surface area contributed by atoms with Crippen LogP contribution in [0.2, 0.25) is 5.02 Å². The number of carbonyl (C=O) groups excluding carboxylic acids is 2. The number of alkyl halides is 2. The van der Waals surface area contributed by atoms with Crippen LogP contribution in [0.4, 0.5) is 14.6 Å². The molecule has 40 heavy (non-hydrogen) atoms. The Bertz CT molecular complexity index is 1540. The minimum Gasteiger partial charge on any atom is -0.395 e. The number of amides is 1. The maximum atomic E-state index is 13.2. The number of rotatable bonds is 4. The van der Waals surface area contributed by atoms with Crippen LogP contribution in [0.5, 0.6) is 11.5 Å². The zero-order valence-electron chi connectivity index (χ0n) is 22.2. The second kappa shape index (κ2) is 12.4. The van der Waals surface area contributed by atoms with E-state index in [1.807, 2.05) is 13.8 Å². The van der Waals surface area contributed by atoms with Gasteiger partial charge in [0.2, 0.25) is 0 Å². The molecule has 3 aromatic heterocycles. The fourth-order valence-corrected chi connectivity index (χ4v) is 3.66. The van der Waals surface area contributed by atoms with Gasteiger partial charge in [-0.05, 0) is 57.5 Å². The van der Waals surface area contributed by atoms with Gasteiger partial charge >= 0.3 is 6.29 Å². The lowest BCUT2D eigenvalue weighted by molar-refractivity contribution is -0.286. The number of carbonyl (C=O) groups is 2. The second-order valence-corrected chi connectivity index (χ2v) is 8.78. The van der Waals surface area contributed by atoms with E-state index in [0.717, 1.165) is 0 Å². The lowest BCUT2D eigenvalue weighted by atomic mass is 10.1. The van der Waals surface area contributed by atoms with Crippen LogP contribution in [0.25, 0.3) is 11.1 Å². The molecule has 0 fully saturated rings. The van der Waals surface area contributed by atoms with Gasteiger partial charge < -0.3 is 23.8 Å². The first-order valence-corrected chi connectivity index (χ1v) is 12.5. The summed E-state index contributed by atoms with van der Waals surface area (Å²) in [4.78, 5) is 26.9. The minimum absolute atomic E-state index is 0.126. The number of nitrogens with zero attached hydrogens (tertiary/aromatic N) is 3. The Morgan fingerprint density at radius 3 is 1.90 bits per heavy atom. The number of halogens is 4. The molecule has 0 spiro atoms. The van der Waals surface area contributed by atoms with Crippen molar-refractivity contribution in [3.63, 3.8) is 0 Å². The minimum atomic E-state index is -3.73. The molecule has 14 heteroatoms. The van der Waals surface area contributed by atoms with Crippen molar-refractivity contribution in [2.45, 2.75) is 47.8 Å². The van der Waals surface area contributed by atoms with Crippen molar-refractivity contribution >= 4 is 40.2 Å². The van der Waals surface area contributed by atoms with Gasteiger partial charge in [-0.15, -0.1) is 8.78 Å². The first kappa shape index (κ1) is 30.5. The summed E-state index contributed by atoms with van der Waals surface area (Å²) in [6, 6.07) is 5.77. The molecule has 1 aliphatic rings. The predicted molar refractivity (Wildman–Crippen MR) is 142 cm³/mol. The van der Waals surface area contributed by atoms with Gasteiger partial charge in [0, 0.05) is 34.5 Å². The van der Waals surface area contributed by atoms with Gasteiger partial charge in [-0.3, -0.25) is 9.59 Å². The highest BCUT2D eigenvalue weighted by Gasteiger charge is 2.43. The van der Waals surface area contributed by atoms with E-state index in [1.54, 1.807) is 39.8 Å². The molecule has 1 N–H and O–H groups in total. The fourth-order valence-electron chi connectivity index (χ4n) is 3.23. The summed E-state index contributed by atoms with van der Waals surface area (Å²) in [7, 11) is 0. The molecule has 0 unspecified atom stereocenters. The number of hydrogen-bond donors (Lipinski definition) is 1. The number of aromatic nitrogens is 3. The molecule has 0 atom stereocenters. The first-order chi connectivity index (χ1) is 18.9. The van der Waals surface area contributed by atoms with Crippen molar-refractivity contribution in [2.75, 3.05) is 5.32 Å². The van der Waals surface area contributed by atoms with Crippen LogP contribution in [0.3, 0.4) is 0 Å². The highest BCUT2D eigenvalue weighted by atomic mass is 35.5. The number of fused-ring (bicyclic) bond motifs is 1. The molecule has 0 saturated heterocycles. The fraction of sp³-hybridized carbons (Fsp3) is 0.269. The summed E-state index contributed by atoms with van der Waals surface area (Å²) in [5, 5.41) is 9.39. The Morgan fingerprint density at radius 1 is 0.900 bits per heavy atom. The van der Waals surface area contributed by atoms with E-state index >= 15 is 0 Å². The van der Waals surface area contributed by atoms with Crippen molar-refractivity contribution in [3.05, 3.63) is 69.5 Å². The highest BCUT2D eigenvalue weighted by molar-refractivity contribution is 6.67. The van der Waals surface area contributed by atoms with Crippen LogP contribution in [-0.4, -0.2) is 32.7 Å². The van der Waals surface area contributed by atoms with E-state index in [2.05, 4.69) is 30.1 Å². The zero-order chi connectivity index (χ0) is 29.8. The third kappa shape index (κ3) is 6.75. The number of nitrogens with one attached hydrogen (secondary N) is 1. The molecule has 0 saturated carbocycles. The van der Waals surface area contributed by atoms with Gasteiger partial charge in [0.15, 0.2) is 22.9 Å². The van der Waals surface area contributed by atoms with E-state index in [-0.39, 0.29) is 33.7 Å². The summed E-state index contributed by atoms with van der Waals surface area (Å²) >= 11 is 11.3. The molecule has 1 amide bonds.